The molecule has 0 amide bonds. The smallest absolute Gasteiger partial charge is 0.307 e. The van der Waals surface area contributed by atoms with Crippen LogP contribution in [-0.4, -0.2) is 22.0 Å². The molecule has 0 atom stereocenters. The molecule has 0 saturated heterocycles. The minimum Gasteiger partial charge on any atom is -0.507 e. The Hall–Kier alpha value is -2.82. The van der Waals surface area contributed by atoms with E-state index < -0.39 is 5.97 Å². The number of ether oxygens (including phenoxy) is 1. The standard InChI is InChI=1S/C16H12O5/c17-13(18)7-9-5-6-12-14(15(9)19)16(20)11-4-2-1-3-10(11)8-21-12/h1-6,19H,7-8H2,(H,17,18). The van der Waals surface area contributed by atoms with Crippen LogP contribution in [0.1, 0.15) is 27.0 Å². The number of carbonyl (C=O) groups is 2. The highest BCUT2D eigenvalue weighted by molar-refractivity contribution is 6.14. The molecule has 0 unspecified atom stereocenters. The fourth-order valence-corrected chi connectivity index (χ4v) is 2.42. The molecule has 5 heteroatoms. The van der Waals surface area contributed by atoms with E-state index in [0.29, 0.717) is 5.56 Å². The maximum atomic E-state index is 12.6. The first-order valence-corrected chi connectivity index (χ1v) is 6.40. The number of ketones is 1. The van der Waals surface area contributed by atoms with E-state index in [1.807, 2.05) is 0 Å². The number of carboxylic acids is 1. The molecule has 1 heterocycles. The van der Waals surface area contributed by atoms with E-state index in [4.69, 9.17) is 9.84 Å². The number of aliphatic carboxylic acids is 1. The molecule has 0 radical (unpaired) electrons. The molecule has 0 bridgehead atoms. The molecule has 106 valence electrons. The van der Waals surface area contributed by atoms with Gasteiger partial charge in [0, 0.05) is 16.7 Å². The highest BCUT2D eigenvalue weighted by Gasteiger charge is 2.27. The summed E-state index contributed by atoms with van der Waals surface area (Å²) in [6.07, 6.45) is -0.353. The van der Waals surface area contributed by atoms with Crippen molar-refractivity contribution >= 4 is 11.8 Å². The Morgan fingerprint density at radius 2 is 1.95 bits per heavy atom. The van der Waals surface area contributed by atoms with Gasteiger partial charge in [0.05, 0.1) is 6.42 Å². The maximum Gasteiger partial charge on any atom is 0.307 e. The van der Waals surface area contributed by atoms with Gasteiger partial charge in [0.2, 0.25) is 5.78 Å². The van der Waals surface area contributed by atoms with Crippen LogP contribution < -0.4 is 4.74 Å². The van der Waals surface area contributed by atoms with E-state index >= 15 is 0 Å². The molecule has 0 aromatic heterocycles. The molecule has 0 spiro atoms. The molecule has 5 nitrogen and oxygen atoms in total. The van der Waals surface area contributed by atoms with Crippen LogP contribution in [0.3, 0.4) is 0 Å². The van der Waals surface area contributed by atoms with Crippen molar-refractivity contribution in [1.29, 1.82) is 0 Å². The molecule has 0 fully saturated rings. The molecule has 1 aliphatic rings. The minimum absolute atomic E-state index is 0.0266. The second-order valence-corrected chi connectivity index (χ2v) is 4.79. The van der Waals surface area contributed by atoms with Gasteiger partial charge in [0.15, 0.2) is 0 Å². The zero-order valence-corrected chi connectivity index (χ0v) is 11.0. The number of hydrogen-bond acceptors (Lipinski definition) is 4. The summed E-state index contributed by atoms with van der Waals surface area (Å²) in [5.41, 5.74) is 1.41. The Bertz CT molecular complexity index is 748. The number of aromatic hydroxyl groups is 1. The van der Waals surface area contributed by atoms with Crippen LogP contribution in [-0.2, 0) is 17.8 Å². The van der Waals surface area contributed by atoms with E-state index in [9.17, 15) is 14.7 Å². The molecule has 3 rings (SSSR count). The molecule has 2 aromatic carbocycles. The van der Waals surface area contributed by atoms with Gasteiger partial charge in [-0.3, -0.25) is 9.59 Å². The number of carbonyl (C=O) groups excluding carboxylic acids is 1. The van der Waals surface area contributed by atoms with Crippen LogP contribution in [0.4, 0.5) is 0 Å². The van der Waals surface area contributed by atoms with Crippen LogP contribution in [0.25, 0.3) is 0 Å². The van der Waals surface area contributed by atoms with Crippen LogP contribution in [0.15, 0.2) is 36.4 Å². The van der Waals surface area contributed by atoms with Gasteiger partial charge in [-0.25, -0.2) is 0 Å². The maximum absolute atomic E-state index is 12.6. The molecule has 2 N–H and O–H groups in total. The van der Waals surface area contributed by atoms with E-state index in [0.717, 1.165) is 5.56 Å². The number of fused-ring (bicyclic) bond motifs is 2. The number of phenols is 1. The van der Waals surface area contributed by atoms with Crippen LogP contribution in [0.2, 0.25) is 0 Å². The zero-order valence-electron chi connectivity index (χ0n) is 11.0. The number of benzene rings is 2. The van der Waals surface area contributed by atoms with E-state index in [-0.39, 0.29) is 41.4 Å². The molecular formula is C16H12O5. The third-order valence-electron chi connectivity index (χ3n) is 3.44. The van der Waals surface area contributed by atoms with Gasteiger partial charge < -0.3 is 14.9 Å². The fraction of sp³-hybridized carbons (Fsp3) is 0.125. The van der Waals surface area contributed by atoms with Crippen LogP contribution >= 0.6 is 0 Å². The Labute approximate surface area is 120 Å². The lowest BCUT2D eigenvalue weighted by Crippen LogP contribution is -2.06. The molecule has 0 saturated carbocycles. The quantitative estimate of drug-likeness (QED) is 0.882. The summed E-state index contributed by atoms with van der Waals surface area (Å²) in [4.78, 5) is 23.4. The largest absolute Gasteiger partial charge is 0.507 e. The van der Waals surface area contributed by atoms with Crippen molar-refractivity contribution in [3.8, 4) is 11.5 Å². The van der Waals surface area contributed by atoms with Crippen molar-refractivity contribution in [2.45, 2.75) is 13.0 Å². The predicted molar refractivity (Wildman–Crippen MR) is 73.7 cm³/mol. The van der Waals surface area contributed by atoms with E-state index in [2.05, 4.69) is 0 Å². The minimum atomic E-state index is -1.08. The van der Waals surface area contributed by atoms with Crippen molar-refractivity contribution in [3.05, 3.63) is 58.7 Å². The van der Waals surface area contributed by atoms with Crippen molar-refractivity contribution in [1.82, 2.24) is 0 Å². The highest BCUT2D eigenvalue weighted by atomic mass is 16.5. The summed E-state index contributed by atoms with van der Waals surface area (Å²) in [7, 11) is 0. The van der Waals surface area contributed by atoms with E-state index in [1.165, 1.54) is 12.1 Å². The van der Waals surface area contributed by atoms with Crippen molar-refractivity contribution in [2.24, 2.45) is 0 Å². The first-order valence-electron chi connectivity index (χ1n) is 6.40. The molecular weight excluding hydrogens is 272 g/mol. The second-order valence-electron chi connectivity index (χ2n) is 4.79. The van der Waals surface area contributed by atoms with Crippen LogP contribution in [0, 0.1) is 0 Å². The van der Waals surface area contributed by atoms with Gasteiger partial charge >= 0.3 is 5.97 Å². The number of hydrogen-bond donors (Lipinski definition) is 2. The monoisotopic (exact) mass is 284 g/mol. The topological polar surface area (TPSA) is 83.8 Å². The van der Waals surface area contributed by atoms with Gasteiger partial charge in [-0.15, -0.1) is 0 Å². The molecule has 0 aliphatic carbocycles. The number of carboxylic acid groups (broad SMARTS) is 1. The van der Waals surface area contributed by atoms with Crippen molar-refractivity contribution < 1.29 is 24.5 Å². The van der Waals surface area contributed by atoms with Crippen molar-refractivity contribution in [2.75, 3.05) is 0 Å². The van der Waals surface area contributed by atoms with Gasteiger partial charge in [0.1, 0.15) is 23.7 Å². The number of rotatable bonds is 2. The second kappa shape index (κ2) is 4.94. The summed E-state index contributed by atoms with van der Waals surface area (Å²) in [6.45, 7) is 0.229. The summed E-state index contributed by atoms with van der Waals surface area (Å²) < 4.78 is 5.56. The Morgan fingerprint density at radius 3 is 2.71 bits per heavy atom. The Morgan fingerprint density at radius 1 is 1.19 bits per heavy atom. The van der Waals surface area contributed by atoms with Crippen molar-refractivity contribution in [3.63, 3.8) is 0 Å². The first kappa shape index (κ1) is 13.2. The molecule has 1 aliphatic heterocycles. The normalized spacial score (nSPS) is 12.9. The lowest BCUT2D eigenvalue weighted by Gasteiger charge is -2.10. The van der Waals surface area contributed by atoms with Gasteiger partial charge in [0.25, 0.3) is 0 Å². The predicted octanol–water partition coefficient (Wildman–Crippen LogP) is 2.14. The Balaban J connectivity index is 2.17. The number of phenolic OH excluding ortho intramolecular Hbond substituents is 1. The fourth-order valence-electron chi connectivity index (χ4n) is 2.42. The summed E-state index contributed by atoms with van der Waals surface area (Å²) in [5, 5.41) is 19.1. The average molecular weight is 284 g/mol. The van der Waals surface area contributed by atoms with Gasteiger partial charge in [-0.2, -0.15) is 0 Å². The average Bonchev–Trinajstić information content (AvgIpc) is 2.60. The SMILES string of the molecule is O=C(O)Cc1ccc2c(c1O)C(=O)c1ccccc1CO2. The summed E-state index contributed by atoms with van der Waals surface area (Å²) in [6, 6.07) is 9.98. The lowest BCUT2D eigenvalue weighted by molar-refractivity contribution is -0.136. The summed E-state index contributed by atoms with van der Waals surface area (Å²) >= 11 is 0. The highest BCUT2D eigenvalue weighted by Crippen LogP contribution is 2.36. The van der Waals surface area contributed by atoms with E-state index in [1.54, 1.807) is 24.3 Å². The molecule has 2 aromatic rings. The third kappa shape index (κ3) is 2.23. The first-order chi connectivity index (χ1) is 10.1. The summed E-state index contributed by atoms with van der Waals surface area (Å²) in [5.74, 6) is -1.49. The Kier molecular flexibility index (Phi) is 3.10. The van der Waals surface area contributed by atoms with Crippen LogP contribution in [0.5, 0.6) is 11.5 Å². The van der Waals surface area contributed by atoms with Gasteiger partial charge in [-0.05, 0) is 6.07 Å². The lowest BCUT2D eigenvalue weighted by atomic mass is 9.96. The zero-order chi connectivity index (χ0) is 15.0. The van der Waals surface area contributed by atoms with Gasteiger partial charge in [-0.1, -0.05) is 30.3 Å². The molecule has 21 heavy (non-hydrogen) atoms. The third-order valence-corrected chi connectivity index (χ3v) is 3.44.